The average Bonchev–Trinajstić information content (AvgIpc) is 3.22. The topological polar surface area (TPSA) is 72.9 Å². The number of nitrogens with zero attached hydrogens (tertiary/aromatic N) is 2. The molecule has 0 bridgehead atoms. The smallest absolute Gasteiger partial charge is 0.322 e. The van der Waals surface area contributed by atoms with Crippen LogP contribution < -0.4 is 19.5 Å². The molecule has 3 aromatic rings. The number of hydrogen-bond acceptors (Lipinski definition) is 5. The van der Waals surface area contributed by atoms with Gasteiger partial charge in [0.25, 0.3) is 0 Å². The van der Waals surface area contributed by atoms with E-state index in [1.807, 2.05) is 78.6 Å². The second-order valence-electron chi connectivity index (χ2n) is 8.43. The van der Waals surface area contributed by atoms with Gasteiger partial charge in [-0.1, -0.05) is 36.4 Å². The predicted octanol–water partition coefficient (Wildman–Crippen LogP) is 4.69. The minimum Gasteiger partial charge on any atom is -0.495 e. The molecule has 2 aliphatic heterocycles. The van der Waals surface area contributed by atoms with Gasteiger partial charge in [0.1, 0.15) is 11.5 Å². The Hall–Kier alpha value is -3.74. The second-order valence-corrected chi connectivity index (χ2v) is 8.43. The molecule has 7 heteroatoms. The number of carbonyl (C=O) groups excluding carboxylic acids is 1. The Morgan fingerprint density at radius 2 is 1.94 bits per heavy atom. The third kappa shape index (κ3) is 4.18. The van der Waals surface area contributed by atoms with Crippen molar-refractivity contribution in [2.45, 2.75) is 13.0 Å². The van der Waals surface area contributed by atoms with Gasteiger partial charge in [0, 0.05) is 35.7 Å². The first kappa shape index (κ1) is 21.1. The predicted molar refractivity (Wildman–Crippen MR) is 125 cm³/mol. The van der Waals surface area contributed by atoms with E-state index in [1.165, 1.54) is 0 Å². The number of aromatic nitrogens is 1. The Kier molecular flexibility index (Phi) is 5.77. The van der Waals surface area contributed by atoms with E-state index in [9.17, 15) is 4.79 Å². The third-order valence-corrected chi connectivity index (χ3v) is 6.36. The highest BCUT2D eigenvalue weighted by molar-refractivity contribution is 5.91. The lowest BCUT2D eigenvalue weighted by Crippen LogP contribution is -2.38. The van der Waals surface area contributed by atoms with Gasteiger partial charge in [0.15, 0.2) is 0 Å². The molecule has 1 fully saturated rings. The van der Waals surface area contributed by atoms with Crippen molar-refractivity contribution in [1.82, 2.24) is 9.88 Å². The van der Waals surface area contributed by atoms with Gasteiger partial charge in [-0.2, -0.15) is 0 Å². The molecule has 33 heavy (non-hydrogen) atoms. The van der Waals surface area contributed by atoms with Crippen LogP contribution in [0, 0.1) is 18.8 Å². The summed E-state index contributed by atoms with van der Waals surface area (Å²) >= 11 is 0. The monoisotopic (exact) mass is 445 g/mol. The zero-order chi connectivity index (χ0) is 22.8. The molecule has 0 radical (unpaired) electrons. The summed E-state index contributed by atoms with van der Waals surface area (Å²) in [5.74, 6) is 2.28. The molecule has 1 saturated heterocycles. The van der Waals surface area contributed by atoms with Crippen LogP contribution in [0.2, 0.25) is 0 Å². The van der Waals surface area contributed by atoms with Crippen LogP contribution in [0.3, 0.4) is 0 Å². The normalized spacial score (nSPS) is 20.9. The lowest BCUT2D eigenvalue weighted by atomic mass is 9.86. The van der Waals surface area contributed by atoms with Crippen LogP contribution in [0.5, 0.6) is 17.4 Å². The van der Waals surface area contributed by atoms with E-state index in [2.05, 4.69) is 10.3 Å². The quantitative estimate of drug-likeness (QED) is 0.617. The van der Waals surface area contributed by atoms with Crippen molar-refractivity contribution < 1.29 is 19.0 Å². The Morgan fingerprint density at radius 3 is 2.79 bits per heavy atom. The Balaban J connectivity index is 1.40. The first-order chi connectivity index (χ1) is 16.1. The molecule has 2 amide bonds. The summed E-state index contributed by atoms with van der Waals surface area (Å²) in [5, 5.41) is 3.04. The van der Waals surface area contributed by atoms with Crippen LogP contribution in [0.4, 0.5) is 10.5 Å². The lowest BCUT2D eigenvalue weighted by Gasteiger charge is -2.34. The van der Waals surface area contributed by atoms with Gasteiger partial charge in [-0.25, -0.2) is 9.78 Å². The van der Waals surface area contributed by atoms with Crippen molar-refractivity contribution in [3.05, 3.63) is 78.0 Å². The van der Waals surface area contributed by atoms with Gasteiger partial charge in [-0.3, -0.25) is 0 Å². The van der Waals surface area contributed by atoms with Gasteiger partial charge < -0.3 is 24.4 Å². The molecule has 1 N–H and O–H groups in total. The number of amides is 2. The van der Waals surface area contributed by atoms with Crippen molar-refractivity contribution in [1.29, 1.82) is 0 Å². The first-order valence-electron chi connectivity index (χ1n) is 11.1. The average molecular weight is 446 g/mol. The number of nitrogens with one attached hydrogen (secondary N) is 1. The Bertz CT molecular complexity index is 1150. The number of pyridine rings is 1. The second kappa shape index (κ2) is 9.02. The van der Waals surface area contributed by atoms with Crippen LogP contribution in [-0.2, 0) is 0 Å². The molecular weight excluding hydrogens is 418 g/mol. The van der Waals surface area contributed by atoms with E-state index in [0.717, 1.165) is 17.0 Å². The summed E-state index contributed by atoms with van der Waals surface area (Å²) in [4.78, 5) is 19.8. The molecule has 0 spiro atoms. The first-order valence-corrected chi connectivity index (χ1v) is 11.1. The molecule has 170 valence electrons. The number of urea groups is 1. The van der Waals surface area contributed by atoms with Crippen LogP contribution in [0.25, 0.3) is 0 Å². The molecule has 7 nitrogen and oxygen atoms in total. The fraction of sp³-hybridized carbons (Fsp3) is 0.308. The van der Waals surface area contributed by atoms with Gasteiger partial charge in [-0.15, -0.1) is 0 Å². The molecular formula is C26H27N3O4. The number of likely N-dealkylation sites (tertiary alicyclic amines) is 1. The summed E-state index contributed by atoms with van der Waals surface area (Å²) in [6.45, 7) is 3.49. The number of aryl methyl sites for hydroxylation is 1. The number of rotatable bonds is 5. The molecule has 0 aliphatic carbocycles. The zero-order valence-corrected chi connectivity index (χ0v) is 18.7. The van der Waals surface area contributed by atoms with E-state index >= 15 is 0 Å². The SMILES string of the molecule is COc1ccccc1NC(=O)N1C[C@@H](COc2cccc(C)n2)[C@@H]2COc3ccccc3[C@@H]21. The summed E-state index contributed by atoms with van der Waals surface area (Å²) in [6, 6.07) is 20.8. The largest absolute Gasteiger partial charge is 0.495 e. The molecule has 1 aromatic heterocycles. The number of anilines is 1. The minimum absolute atomic E-state index is 0.0938. The highest BCUT2D eigenvalue weighted by atomic mass is 16.5. The number of benzene rings is 2. The number of carbonyl (C=O) groups is 1. The van der Waals surface area contributed by atoms with Gasteiger partial charge >= 0.3 is 6.03 Å². The lowest BCUT2D eigenvalue weighted by molar-refractivity contribution is 0.128. The van der Waals surface area contributed by atoms with E-state index < -0.39 is 0 Å². The van der Waals surface area contributed by atoms with Crippen molar-refractivity contribution in [2.24, 2.45) is 11.8 Å². The number of fused-ring (bicyclic) bond motifs is 3. The van der Waals surface area contributed by atoms with E-state index in [0.29, 0.717) is 37.1 Å². The van der Waals surface area contributed by atoms with Crippen LogP contribution in [-0.4, -0.2) is 42.8 Å². The van der Waals surface area contributed by atoms with Crippen LogP contribution in [0.15, 0.2) is 66.7 Å². The Morgan fingerprint density at radius 1 is 1.12 bits per heavy atom. The summed E-state index contributed by atoms with van der Waals surface area (Å²) in [6.07, 6.45) is 0. The van der Waals surface area contributed by atoms with Crippen LogP contribution >= 0.6 is 0 Å². The number of ether oxygens (including phenoxy) is 3. The van der Waals surface area contributed by atoms with Crippen molar-refractivity contribution in [2.75, 3.05) is 32.2 Å². The van der Waals surface area contributed by atoms with E-state index in [1.54, 1.807) is 7.11 Å². The number of para-hydroxylation sites is 3. The van der Waals surface area contributed by atoms with Crippen LogP contribution in [0.1, 0.15) is 17.3 Å². The third-order valence-electron chi connectivity index (χ3n) is 6.36. The fourth-order valence-electron chi connectivity index (χ4n) is 4.77. The molecule has 5 rings (SSSR count). The molecule has 3 heterocycles. The minimum atomic E-state index is -0.164. The van der Waals surface area contributed by atoms with Gasteiger partial charge in [0.2, 0.25) is 5.88 Å². The van der Waals surface area contributed by atoms with E-state index in [-0.39, 0.29) is 23.9 Å². The van der Waals surface area contributed by atoms with Gasteiger partial charge in [0.05, 0.1) is 32.1 Å². The summed E-state index contributed by atoms with van der Waals surface area (Å²) in [5.41, 5.74) is 2.58. The van der Waals surface area contributed by atoms with Crippen molar-refractivity contribution in [3.8, 4) is 17.4 Å². The molecule has 0 unspecified atom stereocenters. The maximum Gasteiger partial charge on any atom is 0.322 e. The number of methoxy groups -OCH3 is 1. The van der Waals surface area contributed by atoms with Crippen molar-refractivity contribution >= 4 is 11.7 Å². The fourth-order valence-corrected chi connectivity index (χ4v) is 4.77. The molecule has 3 atom stereocenters. The summed E-state index contributed by atoms with van der Waals surface area (Å²) in [7, 11) is 1.60. The highest BCUT2D eigenvalue weighted by Gasteiger charge is 2.48. The van der Waals surface area contributed by atoms with Gasteiger partial charge in [-0.05, 0) is 31.2 Å². The molecule has 0 saturated carbocycles. The maximum absolute atomic E-state index is 13.5. The maximum atomic E-state index is 13.5. The highest BCUT2D eigenvalue weighted by Crippen LogP contribution is 2.47. The standard InChI is InChI=1S/C26H27N3O4/c1-17-8-7-13-24(27-17)33-15-18-14-29(26(30)28-21-10-4-6-12-23(21)31-2)25-19-9-3-5-11-22(19)32-16-20(18)25/h3-13,18,20,25H,14-16H2,1-2H3,(H,28,30)/t18-,20-,25-/m0/s1. The zero-order valence-electron chi connectivity index (χ0n) is 18.7. The molecule has 2 aromatic carbocycles. The number of hydrogen-bond donors (Lipinski definition) is 1. The summed E-state index contributed by atoms with van der Waals surface area (Å²) < 4.78 is 17.5. The Labute approximate surface area is 193 Å². The van der Waals surface area contributed by atoms with E-state index in [4.69, 9.17) is 14.2 Å². The molecule has 2 aliphatic rings. The van der Waals surface area contributed by atoms with Crippen molar-refractivity contribution in [3.63, 3.8) is 0 Å².